The smallest absolute Gasteiger partial charge is 0.163 e. The number of carbonyl (C=O) groups excluding carboxylic acids is 1. The molecule has 2 aromatic carbocycles. The molecule has 0 N–H and O–H groups in total. The van der Waals surface area contributed by atoms with Gasteiger partial charge in [-0.3, -0.25) is 9.79 Å². The van der Waals surface area contributed by atoms with Crippen LogP contribution in [0.1, 0.15) is 44.1 Å². The summed E-state index contributed by atoms with van der Waals surface area (Å²) in [6.07, 6.45) is 6.93. The fraction of sp³-hybridized carbons (Fsp3) is 0.417. The third kappa shape index (κ3) is 4.27. The minimum Gasteiger partial charge on any atom is -0.493 e. The van der Waals surface area contributed by atoms with Crippen LogP contribution in [0.15, 0.2) is 53.5 Å². The Morgan fingerprint density at radius 2 is 1.79 bits per heavy atom. The molecule has 4 heteroatoms. The Hall–Kier alpha value is -2.62. The van der Waals surface area contributed by atoms with Gasteiger partial charge in [-0.05, 0) is 56.2 Å². The lowest BCUT2D eigenvalue weighted by Gasteiger charge is -2.16. The average molecular weight is 377 g/mol. The lowest BCUT2D eigenvalue weighted by molar-refractivity contribution is -0.119. The predicted molar refractivity (Wildman–Crippen MR) is 111 cm³/mol. The van der Waals surface area contributed by atoms with Crippen molar-refractivity contribution in [3.8, 4) is 11.5 Å². The van der Waals surface area contributed by atoms with E-state index in [1.165, 1.54) is 18.4 Å². The fourth-order valence-electron chi connectivity index (χ4n) is 4.18. The quantitative estimate of drug-likeness (QED) is 0.685. The Balaban J connectivity index is 1.57. The van der Waals surface area contributed by atoms with Gasteiger partial charge in [-0.15, -0.1) is 0 Å². The highest BCUT2D eigenvalue weighted by molar-refractivity contribution is 6.12. The van der Waals surface area contributed by atoms with Crippen molar-refractivity contribution in [3.05, 3.63) is 54.1 Å². The van der Waals surface area contributed by atoms with Crippen LogP contribution in [0.4, 0.5) is 5.69 Å². The normalized spacial score (nSPS) is 21.4. The Kier molecular flexibility index (Phi) is 5.75. The third-order valence-corrected chi connectivity index (χ3v) is 5.72. The van der Waals surface area contributed by atoms with E-state index in [2.05, 4.69) is 12.1 Å². The van der Waals surface area contributed by atoms with E-state index in [9.17, 15) is 4.79 Å². The molecule has 0 radical (unpaired) electrons. The first kappa shape index (κ1) is 18.7. The molecule has 2 saturated carbocycles. The maximum absolute atomic E-state index is 12.5. The van der Waals surface area contributed by atoms with E-state index in [0.717, 1.165) is 48.6 Å². The lowest BCUT2D eigenvalue weighted by atomic mass is 9.96. The minimum absolute atomic E-state index is 0.122. The van der Waals surface area contributed by atoms with Crippen molar-refractivity contribution in [1.82, 2.24) is 0 Å². The second kappa shape index (κ2) is 8.59. The van der Waals surface area contributed by atoms with Gasteiger partial charge in [-0.1, -0.05) is 30.3 Å². The molecule has 0 heterocycles. The molecule has 0 bridgehead atoms. The van der Waals surface area contributed by atoms with Crippen LogP contribution in [0.25, 0.3) is 0 Å². The third-order valence-electron chi connectivity index (χ3n) is 5.72. The highest BCUT2D eigenvalue weighted by atomic mass is 16.5. The van der Waals surface area contributed by atoms with E-state index >= 15 is 0 Å². The summed E-state index contributed by atoms with van der Waals surface area (Å²) in [6, 6.07) is 16.0. The molecule has 2 aliphatic rings. The first-order valence-corrected chi connectivity index (χ1v) is 10.2. The molecule has 28 heavy (non-hydrogen) atoms. The summed E-state index contributed by atoms with van der Waals surface area (Å²) in [6.45, 7) is 0. The van der Waals surface area contributed by atoms with Crippen LogP contribution in [0.2, 0.25) is 0 Å². The highest BCUT2D eigenvalue weighted by Gasteiger charge is 2.31. The average Bonchev–Trinajstić information content (AvgIpc) is 3.34. The van der Waals surface area contributed by atoms with Crippen LogP contribution < -0.4 is 9.47 Å². The van der Waals surface area contributed by atoms with Gasteiger partial charge in [-0.2, -0.15) is 0 Å². The monoisotopic (exact) mass is 377 g/mol. The van der Waals surface area contributed by atoms with Crippen LogP contribution in [0.3, 0.4) is 0 Å². The molecule has 2 aliphatic carbocycles. The van der Waals surface area contributed by atoms with Gasteiger partial charge >= 0.3 is 0 Å². The van der Waals surface area contributed by atoms with Crippen LogP contribution in [0, 0.1) is 5.92 Å². The molecular weight excluding hydrogens is 350 g/mol. The van der Waals surface area contributed by atoms with E-state index in [-0.39, 0.29) is 12.0 Å². The molecule has 1 atom stereocenters. The SMILES string of the molecule is COc1ccc(N=C2CCC(=O)C2Cc2ccccc2)cc1OC1CCCC1. The zero-order valence-corrected chi connectivity index (χ0v) is 16.4. The number of rotatable bonds is 6. The highest BCUT2D eigenvalue weighted by Crippen LogP contribution is 2.36. The zero-order valence-electron chi connectivity index (χ0n) is 16.4. The second-order valence-corrected chi connectivity index (χ2v) is 7.67. The summed E-state index contributed by atoms with van der Waals surface area (Å²) in [5, 5.41) is 0. The molecule has 0 aromatic heterocycles. The molecule has 0 saturated heterocycles. The molecule has 4 rings (SSSR count). The molecule has 0 aliphatic heterocycles. The van der Waals surface area contributed by atoms with Gasteiger partial charge < -0.3 is 9.47 Å². The molecule has 2 aromatic rings. The Morgan fingerprint density at radius 3 is 2.54 bits per heavy atom. The first-order chi connectivity index (χ1) is 13.7. The maximum atomic E-state index is 12.5. The minimum atomic E-state index is -0.122. The summed E-state index contributed by atoms with van der Waals surface area (Å²) in [7, 11) is 1.66. The Morgan fingerprint density at radius 1 is 1.00 bits per heavy atom. The molecule has 4 nitrogen and oxygen atoms in total. The molecular formula is C24H27NO3. The van der Waals surface area contributed by atoms with Crippen molar-refractivity contribution in [2.45, 2.75) is 51.0 Å². The number of benzene rings is 2. The van der Waals surface area contributed by atoms with Gasteiger partial charge in [0.05, 0.1) is 24.8 Å². The van der Waals surface area contributed by atoms with Crippen LogP contribution in [-0.2, 0) is 11.2 Å². The number of carbonyl (C=O) groups is 1. The van der Waals surface area contributed by atoms with Crippen molar-refractivity contribution in [3.63, 3.8) is 0 Å². The number of nitrogens with zero attached hydrogens (tertiary/aromatic N) is 1. The number of hydrogen-bond acceptors (Lipinski definition) is 4. The zero-order chi connectivity index (χ0) is 19.3. The van der Waals surface area contributed by atoms with Gasteiger partial charge in [0.15, 0.2) is 11.5 Å². The van der Waals surface area contributed by atoms with Crippen molar-refractivity contribution in [2.75, 3.05) is 7.11 Å². The predicted octanol–water partition coefficient (Wildman–Crippen LogP) is 5.31. The van der Waals surface area contributed by atoms with Gasteiger partial charge in [0, 0.05) is 18.2 Å². The number of methoxy groups -OCH3 is 1. The van der Waals surface area contributed by atoms with Crippen LogP contribution in [0.5, 0.6) is 11.5 Å². The Labute approximate surface area is 166 Å². The van der Waals surface area contributed by atoms with Gasteiger partial charge in [0.2, 0.25) is 0 Å². The number of ether oxygens (including phenoxy) is 2. The summed E-state index contributed by atoms with van der Waals surface area (Å²) >= 11 is 0. The summed E-state index contributed by atoms with van der Waals surface area (Å²) < 4.78 is 11.7. The number of ketones is 1. The molecule has 0 spiro atoms. The van der Waals surface area contributed by atoms with Crippen molar-refractivity contribution in [1.29, 1.82) is 0 Å². The van der Waals surface area contributed by atoms with Crippen LogP contribution >= 0.6 is 0 Å². The second-order valence-electron chi connectivity index (χ2n) is 7.67. The number of Topliss-reactive ketones (excluding diaryl/α,β-unsaturated/α-hetero) is 1. The van der Waals surface area contributed by atoms with Crippen molar-refractivity contribution >= 4 is 17.2 Å². The molecule has 146 valence electrons. The van der Waals surface area contributed by atoms with E-state index in [1.54, 1.807) is 7.11 Å². The van der Waals surface area contributed by atoms with E-state index < -0.39 is 0 Å². The molecule has 2 fully saturated rings. The van der Waals surface area contributed by atoms with E-state index in [0.29, 0.717) is 12.2 Å². The van der Waals surface area contributed by atoms with Crippen LogP contribution in [-0.4, -0.2) is 24.7 Å². The fourth-order valence-corrected chi connectivity index (χ4v) is 4.18. The van der Waals surface area contributed by atoms with Crippen molar-refractivity contribution < 1.29 is 14.3 Å². The molecule has 1 unspecified atom stereocenters. The van der Waals surface area contributed by atoms with Gasteiger partial charge in [0.25, 0.3) is 0 Å². The lowest BCUT2D eigenvalue weighted by Crippen LogP contribution is -2.17. The first-order valence-electron chi connectivity index (χ1n) is 10.2. The summed E-state index contributed by atoms with van der Waals surface area (Å²) in [4.78, 5) is 17.3. The van der Waals surface area contributed by atoms with Gasteiger partial charge in [0.1, 0.15) is 5.78 Å². The largest absolute Gasteiger partial charge is 0.493 e. The van der Waals surface area contributed by atoms with Crippen molar-refractivity contribution in [2.24, 2.45) is 10.9 Å². The number of aliphatic imine (C=N–C) groups is 1. The van der Waals surface area contributed by atoms with E-state index in [4.69, 9.17) is 14.5 Å². The molecule has 0 amide bonds. The standard InChI is InChI=1S/C24H27NO3/c1-27-23-14-11-18(16-24(23)28-19-9-5-6-10-19)25-21-12-13-22(26)20(21)15-17-7-3-2-4-8-17/h2-4,7-8,11,14,16,19-20H,5-6,9-10,12-13,15H2,1H3. The van der Waals surface area contributed by atoms with E-state index in [1.807, 2.05) is 36.4 Å². The Bertz CT molecular complexity index is 853. The maximum Gasteiger partial charge on any atom is 0.163 e. The summed E-state index contributed by atoms with van der Waals surface area (Å²) in [5.41, 5.74) is 2.98. The topological polar surface area (TPSA) is 47.9 Å². The summed E-state index contributed by atoms with van der Waals surface area (Å²) in [5.74, 6) is 1.65. The van der Waals surface area contributed by atoms with Gasteiger partial charge in [-0.25, -0.2) is 0 Å². The number of hydrogen-bond donors (Lipinski definition) is 0.